The number of thiocarbonyl (C=S) groups is 1. The molecule has 1 saturated heterocycles. The van der Waals surface area contributed by atoms with Crippen LogP contribution in [-0.2, 0) is 9.59 Å². The summed E-state index contributed by atoms with van der Waals surface area (Å²) < 4.78 is 0.351. The topological polar surface area (TPSA) is 60.4 Å². The summed E-state index contributed by atoms with van der Waals surface area (Å²) in [6.45, 7) is 0.0277. The van der Waals surface area contributed by atoms with Gasteiger partial charge in [-0.05, 0) is 23.8 Å². The molecule has 0 radical (unpaired) electrons. The number of carbonyl (C=O) groups excluding carboxylic acids is 2. The van der Waals surface area contributed by atoms with Crippen LogP contribution in [0.15, 0.2) is 29.2 Å². The lowest BCUT2D eigenvalue weighted by molar-refractivity contribution is -0.305. The molecule has 1 aromatic carbocycles. The number of thioether (sulfide) groups is 1. The van der Waals surface area contributed by atoms with Crippen LogP contribution in [0.2, 0.25) is 5.02 Å². The van der Waals surface area contributed by atoms with Crippen molar-refractivity contribution < 1.29 is 14.7 Å². The molecule has 1 aliphatic rings. The molecule has 0 aromatic heterocycles. The molecule has 1 fully saturated rings. The molecule has 7 heteroatoms. The maximum Gasteiger partial charge on any atom is 0.266 e. The minimum atomic E-state index is -1.21. The zero-order valence-electron chi connectivity index (χ0n) is 10.2. The molecule has 0 saturated carbocycles. The fourth-order valence-corrected chi connectivity index (χ4v) is 3.15. The molecule has 0 unspecified atom stereocenters. The molecular formula is C13H9ClNO3S2-. The van der Waals surface area contributed by atoms with E-state index in [2.05, 4.69) is 0 Å². The van der Waals surface area contributed by atoms with E-state index in [0.29, 0.717) is 14.2 Å². The van der Waals surface area contributed by atoms with Crippen molar-refractivity contribution in [3.8, 4) is 0 Å². The molecule has 0 atom stereocenters. The Hall–Kier alpha value is -1.37. The first-order valence-corrected chi connectivity index (χ1v) is 7.28. The standard InChI is InChI=1S/C13H10ClNO3S2/c14-9-3-1-2-8(6-9)7-10-12(18)15(13(19)20-10)5-4-11(16)17/h1-3,6-7H,4-5H2,(H,16,17)/p-1/b10-7+. The summed E-state index contributed by atoms with van der Waals surface area (Å²) in [4.78, 5) is 24.3. The third kappa shape index (κ3) is 3.59. The normalized spacial score (nSPS) is 17.1. The highest BCUT2D eigenvalue weighted by atomic mass is 35.5. The Balaban J connectivity index is 2.17. The van der Waals surface area contributed by atoms with Crippen molar-refractivity contribution in [2.24, 2.45) is 0 Å². The van der Waals surface area contributed by atoms with Crippen molar-refractivity contribution in [3.05, 3.63) is 39.8 Å². The molecule has 1 aliphatic heterocycles. The second-order valence-electron chi connectivity index (χ2n) is 4.01. The molecular weight excluding hydrogens is 318 g/mol. The molecule has 0 bridgehead atoms. The van der Waals surface area contributed by atoms with Crippen molar-refractivity contribution in [2.75, 3.05) is 6.54 Å². The van der Waals surface area contributed by atoms with Gasteiger partial charge in [-0.25, -0.2) is 0 Å². The zero-order chi connectivity index (χ0) is 14.7. The first-order valence-electron chi connectivity index (χ1n) is 5.68. The lowest BCUT2D eigenvalue weighted by atomic mass is 10.2. The molecule has 0 spiro atoms. The van der Waals surface area contributed by atoms with Gasteiger partial charge in [0.25, 0.3) is 5.91 Å². The van der Waals surface area contributed by atoms with Gasteiger partial charge in [0, 0.05) is 24.0 Å². The Kier molecular flexibility index (Phi) is 4.80. The third-order valence-electron chi connectivity index (χ3n) is 2.56. The number of hydrogen-bond acceptors (Lipinski definition) is 5. The van der Waals surface area contributed by atoms with E-state index in [1.807, 2.05) is 6.07 Å². The molecule has 0 aliphatic carbocycles. The maximum atomic E-state index is 12.1. The Morgan fingerprint density at radius 1 is 1.50 bits per heavy atom. The van der Waals surface area contributed by atoms with E-state index in [4.69, 9.17) is 23.8 Å². The number of aliphatic carboxylic acids is 1. The van der Waals surface area contributed by atoms with Gasteiger partial charge < -0.3 is 9.90 Å². The molecule has 1 heterocycles. The summed E-state index contributed by atoms with van der Waals surface area (Å²) in [6, 6.07) is 7.07. The molecule has 2 rings (SSSR count). The smallest absolute Gasteiger partial charge is 0.266 e. The second kappa shape index (κ2) is 6.39. The summed E-state index contributed by atoms with van der Waals surface area (Å²) in [5.41, 5.74) is 0.790. The van der Waals surface area contributed by atoms with Crippen LogP contribution in [-0.4, -0.2) is 27.6 Å². The number of carboxylic acid groups (broad SMARTS) is 1. The van der Waals surface area contributed by atoms with Crippen LogP contribution in [0.25, 0.3) is 6.08 Å². The highest BCUT2D eigenvalue weighted by molar-refractivity contribution is 8.26. The Labute approximate surface area is 130 Å². The van der Waals surface area contributed by atoms with Gasteiger partial charge in [-0.1, -0.05) is 47.7 Å². The van der Waals surface area contributed by atoms with E-state index >= 15 is 0 Å². The summed E-state index contributed by atoms with van der Waals surface area (Å²) in [5, 5.41) is 11.0. The van der Waals surface area contributed by atoms with Crippen molar-refractivity contribution in [1.29, 1.82) is 0 Å². The SMILES string of the molecule is O=C([O-])CCN1C(=O)/C(=C\c2cccc(Cl)c2)SC1=S. The van der Waals surface area contributed by atoms with Gasteiger partial charge >= 0.3 is 0 Å². The number of benzene rings is 1. The van der Waals surface area contributed by atoms with Crippen LogP contribution < -0.4 is 5.11 Å². The summed E-state index contributed by atoms with van der Waals surface area (Å²) >= 11 is 12.1. The number of nitrogens with zero attached hydrogens (tertiary/aromatic N) is 1. The van der Waals surface area contributed by atoms with Crippen molar-refractivity contribution in [3.63, 3.8) is 0 Å². The largest absolute Gasteiger partial charge is 0.550 e. The average Bonchev–Trinajstić information content (AvgIpc) is 2.62. The van der Waals surface area contributed by atoms with Crippen LogP contribution in [0.4, 0.5) is 0 Å². The minimum Gasteiger partial charge on any atom is -0.550 e. The predicted molar refractivity (Wildman–Crippen MR) is 81.0 cm³/mol. The van der Waals surface area contributed by atoms with Gasteiger partial charge in [-0.3, -0.25) is 9.69 Å². The van der Waals surface area contributed by atoms with Gasteiger partial charge in [0.2, 0.25) is 0 Å². The van der Waals surface area contributed by atoms with Crippen LogP contribution in [0.1, 0.15) is 12.0 Å². The van der Waals surface area contributed by atoms with Crippen LogP contribution in [0, 0.1) is 0 Å². The summed E-state index contributed by atoms with van der Waals surface area (Å²) in [5.74, 6) is -1.50. The molecule has 1 amide bonds. The molecule has 4 nitrogen and oxygen atoms in total. The number of halogens is 1. The van der Waals surface area contributed by atoms with E-state index in [1.54, 1.807) is 24.3 Å². The van der Waals surface area contributed by atoms with E-state index in [9.17, 15) is 14.7 Å². The first-order chi connectivity index (χ1) is 9.47. The lowest BCUT2D eigenvalue weighted by Gasteiger charge is -2.14. The van der Waals surface area contributed by atoms with E-state index in [-0.39, 0.29) is 18.9 Å². The lowest BCUT2D eigenvalue weighted by Crippen LogP contribution is -2.33. The molecule has 0 N–H and O–H groups in total. The monoisotopic (exact) mass is 326 g/mol. The maximum absolute atomic E-state index is 12.1. The predicted octanol–water partition coefficient (Wildman–Crippen LogP) is 1.68. The van der Waals surface area contributed by atoms with Gasteiger partial charge in [0.15, 0.2) is 0 Å². The van der Waals surface area contributed by atoms with Crippen LogP contribution >= 0.6 is 35.6 Å². The minimum absolute atomic E-state index is 0.0277. The van der Waals surface area contributed by atoms with Crippen LogP contribution in [0.3, 0.4) is 0 Å². The molecule has 104 valence electrons. The third-order valence-corrected chi connectivity index (χ3v) is 4.17. The van der Waals surface area contributed by atoms with Gasteiger partial charge in [0.1, 0.15) is 4.32 Å². The fourth-order valence-electron chi connectivity index (χ4n) is 1.64. The first kappa shape index (κ1) is 15.0. The Morgan fingerprint density at radius 3 is 2.90 bits per heavy atom. The van der Waals surface area contributed by atoms with Gasteiger partial charge in [-0.2, -0.15) is 0 Å². The number of rotatable bonds is 4. The van der Waals surface area contributed by atoms with E-state index in [0.717, 1.165) is 17.3 Å². The van der Waals surface area contributed by atoms with E-state index < -0.39 is 5.97 Å². The Morgan fingerprint density at radius 2 is 2.25 bits per heavy atom. The fraction of sp³-hybridized carbons (Fsp3) is 0.154. The molecule has 1 aromatic rings. The van der Waals surface area contributed by atoms with Gasteiger partial charge in [0.05, 0.1) is 4.91 Å². The van der Waals surface area contributed by atoms with E-state index in [1.165, 1.54) is 4.90 Å². The van der Waals surface area contributed by atoms with Crippen molar-refractivity contribution >= 4 is 57.9 Å². The molecule has 20 heavy (non-hydrogen) atoms. The second-order valence-corrected chi connectivity index (χ2v) is 6.12. The number of carbonyl (C=O) groups is 2. The number of hydrogen-bond donors (Lipinski definition) is 0. The zero-order valence-corrected chi connectivity index (χ0v) is 12.6. The summed E-state index contributed by atoms with van der Waals surface area (Å²) in [6.07, 6.45) is 1.45. The highest BCUT2D eigenvalue weighted by Crippen LogP contribution is 2.32. The number of carboxylic acids is 1. The Bertz CT molecular complexity index is 615. The van der Waals surface area contributed by atoms with Crippen molar-refractivity contribution in [2.45, 2.75) is 6.42 Å². The average molecular weight is 327 g/mol. The quantitative estimate of drug-likeness (QED) is 0.622. The van der Waals surface area contributed by atoms with Gasteiger partial charge in [-0.15, -0.1) is 0 Å². The number of amides is 1. The highest BCUT2D eigenvalue weighted by Gasteiger charge is 2.31. The van der Waals surface area contributed by atoms with Crippen molar-refractivity contribution in [1.82, 2.24) is 4.90 Å². The summed E-state index contributed by atoms with van der Waals surface area (Å²) in [7, 11) is 0. The van der Waals surface area contributed by atoms with Crippen LogP contribution in [0.5, 0.6) is 0 Å².